The fourth-order valence-corrected chi connectivity index (χ4v) is 2.57. The fraction of sp³-hybridized carbons (Fsp3) is 0.0625. The fourth-order valence-electron chi connectivity index (χ4n) is 1.91. The summed E-state index contributed by atoms with van der Waals surface area (Å²) in [5, 5.41) is 21.1. The summed E-state index contributed by atoms with van der Waals surface area (Å²) in [6, 6.07) is 10.2. The summed E-state index contributed by atoms with van der Waals surface area (Å²) in [4.78, 5) is 12.0. The first-order valence-corrected chi connectivity index (χ1v) is 7.63. The molecule has 0 aliphatic heterocycles. The molecule has 0 bridgehead atoms. The molecule has 23 heavy (non-hydrogen) atoms. The van der Waals surface area contributed by atoms with E-state index < -0.39 is 0 Å². The van der Waals surface area contributed by atoms with Crippen LogP contribution in [0.1, 0.15) is 16.3 Å². The van der Waals surface area contributed by atoms with Gasteiger partial charge >= 0.3 is 0 Å². The second-order valence-corrected chi connectivity index (χ2v) is 5.70. The molecule has 6 nitrogen and oxygen atoms in total. The highest BCUT2D eigenvalue weighted by atomic mass is 32.1. The standard InChI is InChI=1S/C16H13N3O3S/c20-12-4-1-3-11(9-12)10-14(21)17-16-19-18-15(23-16)7-6-13-5-2-8-22-13/h1-9,20H,10H2,(H,17,19,21)/b7-6+. The lowest BCUT2D eigenvalue weighted by Crippen LogP contribution is -2.14. The third-order valence-electron chi connectivity index (χ3n) is 2.90. The Kier molecular flexibility index (Phi) is 4.49. The summed E-state index contributed by atoms with van der Waals surface area (Å²) in [6.07, 6.45) is 5.29. The van der Waals surface area contributed by atoms with Crippen LogP contribution in [0, 0.1) is 0 Å². The minimum absolute atomic E-state index is 0.136. The zero-order valence-corrected chi connectivity index (χ0v) is 12.8. The third-order valence-corrected chi connectivity index (χ3v) is 3.70. The normalized spacial score (nSPS) is 11.0. The van der Waals surface area contributed by atoms with Gasteiger partial charge in [0.1, 0.15) is 16.5 Å². The van der Waals surface area contributed by atoms with Crippen LogP contribution in [0.4, 0.5) is 5.13 Å². The van der Waals surface area contributed by atoms with Crippen LogP contribution in [-0.4, -0.2) is 21.2 Å². The van der Waals surface area contributed by atoms with Gasteiger partial charge in [-0.3, -0.25) is 4.79 Å². The Hall–Kier alpha value is -2.93. The van der Waals surface area contributed by atoms with Crippen molar-refractivity contribution < 1.29 is 14.3 Å². The molecule has 0 unspecified atom stereocenters. The molecule has 0 saturated carbocycles. The quantitative estimate of drug-likeness (QED) is 0.751. The van der Waals surface area contributed by atoms with Crippen LogP contribution in [0.2, 0.25) is 0 Å². The number of nitrogens with zero attached hydrogens (tertiary/aromatic N) is 2. The number of carbonyl (C=O) groups is 1. The van der Waals surface area contributed by atoms with Crippen molar-refractivity contribution in [2.75, 3.05) is 5.32 Å². The molecule has 0 atom stereocenters. The van der Waals surface area contributed by atoms with Gasteiger partial charge in [-0.25, -0.2) is 0 Å². The van der Waals surface area contributed by atoms with E-state index in [1.165, 1.54) is 11.3 Å². The molecular weight excluding hydrogens is 314 g/mol. The first-order valence-electron chi connectivity index (χ1n) is 6.82. The molecule has 0 radical (unpaired) electrons. The van der Waals surface area contributed by atoms with E-state index in [2.05, 4.69) is 15.5 Å². The Labute approximate surface area is 136 Å². The molecule has 3 rings (SSSR count). The average Bonchev–Trinajstić information content (AvgIpc) is 3.16. The molecule has 0 aliphatic rings. The molecule has 0 saturated heterocycles. The number of phenols is 1. The number of hydrogen-bond donors (Lipinski definition) is 2. The van der Waals surface area contributed by atoms with Crippen molar-refractivity contribution >= 4 is 34.5 Å². The maximum absolute atomic E-state index is 12.0. The summed E-state index contributed by atoms with van der Waals surface area (Å²) >= 11 is 1.26. The van der Waals surface area contributed by atoms with Crippen LogP contribution < -0.4 is 5.32 Å². The van der Waals surface area contributed by atoms with E-state index in [0.717, 1.165) is 11.3 Å². The van der Waals surface area contributed by atoms with Crippen LogP contribution in [0.25, 0.3) is 12.2 Å². The number of nitrogens with one attached hydrogen (secondary N) is 1. The molecule has 116 valence electrons. The number of rotatable bonds is 5. The molecule has 1 aromatic carbocycles. The maximum atomic E-state index is 12.0. The van der Waals surface area contributed by atoms with Crippen molar-refractivity contribution in [3.05, 3.63) is 59.0 Å². The number of aromatic hydroxyl groups is 1. The number of hydrogen-bond acceptors (Lipinski definition) is 6. The number of phenolic OH excluding ortho intramolecular Hbond substituents is 1. The maximum Gasteiger partial charge on any atom is 0.230 e. The number of carbonyl (C=O) groups excluding carboxylic acids is 1. The molecule has 7 heteroatoms. The van der Waals surface area contributed by atoms with Crippen molar-refractivity contribution in [2.45, 2.75) is 6.42 Å². The van der Waals surface area contributed by atoms with E-state index in [1.807, 2.05) is 6.07 Å². The predicted molar refractivity (Wildman–Crippen MR) is 88.0 cm³/mol. The molecular formula is C16H13N3O3S. The molecule has 2 aromatic heterocycles. The van der Waals surface area contributed by atoms with Crippen LogP contribution in [-0.2, 0) is 11.2 Å². The van der Waals surface area contributed by atoms with Gasteiger partial charge < -0.3 is 14.8 Å². The lowest BCUT2D eigenvalue weighted by Gasteiger charge is -2.01. The zero-order chi connectivity index (χ0) is 16.1. The topological polar surface area (TPSA) is 88.2 Å². The first kappa shape index (κ1) is 15.0. The van der Waals surface area contributed by atoms with E-state index in [9.17, 15) is 9.90 Å². The summed E-state index contributed by atoms with van der Waals surface area (Å²) < 4.78 is 5.18. The van der Waals surface area contributed by atoms with E-state index >= 15 is 0 Å². The number of anilines is 1. The molecule has 0 spiro atoms. The molecule has 2 heterocycles. The van der Waals surface area contributed by atoms with Gasteiger partial charge in [-0.2, -0.15) is 0 Å². The van der Waals surface area contributed by atoms with E-state index in [-0.39, 0.29) is 18.1 Å². The number of amides is 1. The highest BCUT2D eigenvalue weighted by Crippen LogP contribution is 2.18. The van der Waals surface area contributed by atoms with Gasteiger partial charge in [0.05, 0.1) is 12.7 Å². The largest absolute Gasteiger partial charge is 0.508 e. The SMILES string of the molecule is O=C(Cc1cccc(O)c1)Nc1nnc(/C=C/c2ccco2)s1. The monoisotopic (exact) mass is 327 g/mol. The van der Waals surface area contributed by atoms with Gasteiger partial charge in [-0.1, -0.05) is 23.5 Å². The second-order valence-electron chi connectivity index (χ2n) is 4.69. The highest BCUT2D eigenvalue weighted by Gasteiger charge is 2.08. The lowest BCUT2D eigenvalue weighted by molar-refractivity contribution is -0.115. The molecule has 0 aliphatic carbocycles. The Morgan fingerprint density at radius 1 is 1.26 bits per heavy atom. The van der Waals surface area contributed by atoms with Crippen molar-refractivity contribution in [2.24, 2.45) is 0 Å². The Morgan fingerprint density at radius 2 is 2.17 bits per heavy atom. The van der Waals surface area contributed by atoms with Gasteiger partial charge in [-0.15, -0.1) is 10.2 Å². The number of benzene rings is 1. The van der Waals surface area contributed by atoms with Crippen molar-refractivity contribution in [3.63, 3.8) is 0 Å². The Morgan fingerprint density at radius 3 is 2.96 bits per heavy atom. The first-order chi connectivity index (χ1) is 11.2. The van der Waals surface area contributed by atoms with Crippen molar-refractivity contribution in [1.82, 2.24) is 10.2 Å². The van der Waals surface area contributed by atoms with Crippen LogP contribution >= 0.6 is 11.3 Å². The molecule has 2 N–H and O–H groups in total. The number of furan rings is 1. The Bertz CT molecular complexity index is 825. The summed E-state index contributed by atoms with van der Waals surface area (Å²) in [5.41, 5.74) is 0.727. The average molecular weight is 327 g/mol. The minimum Gasteiger partial charge on any atom is -0.508 e. The van der Waals surface area contributed by atoms with Crippen LogP contribution in [0.15, 0.2) is 47.1 Å². The lowest BCUT2D eigenvalue weighted by atomic mass is 10.1. The van der Waals surface area contributed by atoms with E-state index in [1.54, 1.807) is 48.7 Å². The Balaban J connectivity index is 1.59. The van der Waals surface area contributed by atoms with Crippen molar-refractivity contribution in [3.8, 4) is 5.75 Å². The minimum atomic E-state index is -0.215. The third kappa shape index (κ3) is 4.27. The highest BCUT2D eigenvalue weighted by molar-refractivity contribution is 7.16. The van der Waals surface area contributed by atoms with Crippen LogP contribution in [0.3, 0.4) is 0 Å². The van der Waals surface area contributed by atoms with E-state index in [0.29, 0.717) is 10.1 Å². The molecule has 1 amide bonds. The molecule has 0 fully saturated rings. The van der Waals surface area contributed by atoms with Gasteiger partial charge in [0.2, 0.25) is 11.0 Å². The smallest absolute Gasteiger partial charge is 0.230 e. The zero-order valence-electron chi connectivity index (χ0n) is 12.0. The summed E-state index contributed by atoms with van der Waals surface area (Å²) in [5.74, 6) is 0.638. The van der Waals surface area contributed by atoms with Gasteiger partial charge in [0, 0.05) is 0 Å². The van der Waals surface area contributed by atoms with Crippen LogP contribution in [0.5, 0.6) is 5.75 Å². The predicted octanol–water partition coefficient (Wildman–Crippen LogP) is 3.19. The van der Waals surface area contributed by atoms with Crippen molar-refractivity contribution in [1.29, 1.82) is 0 Å². The summed E-state index contributed by atoms with van der Waals surface area (Å²) in [6.45, 7) is 0. The van der Waals surface area contributed by atoms with Gasteiger partial charge in [-0.05, 0) is 42.0 Å². The molecule has 3 aromatic rings. The number of aromatic nitrogens is 2. The summed E-state index contributed by atoms with van der Waals surface area (Å²) in [7, 11) is 0. The van der Waals surface area contributed by atoms with Gasteiger partial charge in [0.25, 0.3) is 0 Å². The van der Waals surface area contributed by atoms with E-state index in [4.69, 9.17) is 4.42 Å². The van der Waals surface area contributed by atoms with Gasteiger partial charge in [0.15, 0.2) is 0 Å². The second kappa shape index (κ2) is 6.89.